The van der Waals surface area contributed by atoms with Crippen LogP contribution in [0.2, 0.25) is 10.0 Å². The Hall–Kier alpha value is -1.98. The van der Waals surface area contributed by atoms with E-state index in [9.17, 15) is 9.59 Å². The van der Waals surface area contributed by atoms with Crippen LogP contribution in [0.4, 0.5) is 0 Å². The van der Waals surface area contributed by atoms with Gasteiger partial charge in [0.15, 0.2) is 5.76 Å². The summed E-state index contributed by atoms with van der Waals surface area (Å²) in [6.45, 7) is 1.49. The fourth-order valence-corrected chi connectivity index (χ4v) is 3.58. The number of carbonyl (C=O) groups is 2. The van der Waals surface area contributed by atoms with E-state index in [1.165, 1.54) is 6.26 Å². The van der Waals surface area contributed by atoms with Crippen LogP contribution < -0.4 is 0 Å². The number of carbonyl (C=O) groups excluding carboxylic acids is 2. The quantitative estimate of drug-likeness (QED) is 0.784. The van der Waals surface area contributed by atoms with Gasteiger partial charge in [0.1, 0.15) is 0 Å². The third-order valence-electron chi connectivity index (χ3n) is 4.68. The van der Waals surface area contributed by atoms with Gasteiger partial charge in [-0.2, -0.15) is 0 Å². The van der Waals surface area contributed by atoms with Crippen molar-refractivity contribution in [3.05, 3.63) is 58.0 Å². The number of amides is 2. The average Bonchev–Trinajstić information content (AvgIpc) is 3.19. The number of nitrogens with zero attached hydrogens (tertiary/aromatic N) is 2. The maximum absolute atomic E-state index is 12.7. The molecule has 2 aromatic rings. The second-order valence-electron chi connectivity index (χ2n) is 6.45. The average molecular weight is 395 g/mol. The third-order valence-corrected chi connectivity index (χ3v) is 5.54. The molecule has 1 aromatic carbocycles. The summed E-state index contributed by atoms with van der Waals surface area (Å²) in [5, 5.41) is 0.961. The summed E-state index contributed by atoms with van der Waals surface area (Å²) >= 11 is 12.2. The summed E-state index contributed by atoms with van der Waals surface area (Å²) in [7, 11) is 1.76. The lowest BCUT2D eigenvalue weighted by atomic mass is 9.95. The van der Waals surface area contributed by atoms with E-state index in [0.29, 0.717) is 48.3 Å². The molecule has 0 aliphatic carbocycles. The molecule has 2 heterocycles. The van der Waals surface area contributed by atoms with Crippen LogP contribution in [-0.4, -0.2) is 41.8 Å². The summed E-state index contributed by atoms with van der Waals surface area (Å²) in [4.78, 5) is 28.4. The number of hydrogen-bond acceptors (Lipinski definition) is 3. The van der Waals surface area contributed by atoms with Crippen molar-refractivity contribution in [2.75, 3.05) is 20.1 Å². The van der Waals surface area contributed by atoms with Gasteiger partial charge in [0.2, 0.25) is 5.91 Å². The van der Waals surface area contributed by atoms with Crippen LogP contribution in [0.25, 0.3) is 0 Å². The Bertz CT molecular complexity index is 784. The first kappa shape index (κ1) is 18.8. The summed E-state index contributed by atoms with van der Waals surface area (Å²) < 4.78 is 5.16. The van der Waals surface area contributed by atoms with Gasteiger partial charge in [0.05, 0.1) is 16.3 Å². The number of piperidine rings is 1. The molecule has 0 bridgehead atoms. The van der Waals surface area contributed by atoms with Gasteiger partial charge in [-0.3, -0.25) is 9.59 Å². The monoisotopic (exact) mass is 394 g/mol. The Morgan fingerprint density at radius 3 is 2.58 bits per heavy atom. The molecule has 1 aromatic heterocycles. The van der Waals surface area contributed by atoms with Crippen LogP contribution in [0.5, 0.6) is 0 Å². The molecule has 0 spiro atoms. The molecule has 7 heteroatoms. The Kier molecular flexibility index (Phi) is 5.89. The Labute approximate surface area is 162 Å². The lowest BCUT2D eigenvalue weighted by Gasteiger charge is -2.33. The Morgan fingerprint density at radius 2 is 1.92 bits per heavy atom. The second-order valence-corrected chi connectivity index (χ2v) is 7.24. The van der Waals surface area contributed by atoms with Crippen molar-refractivity contribution < 1.29 is 14.0 Å². The number of rotatable bonds is 4. The maximum Gasteiger partial charge on any atom is 0.289 e. The number of likely N-dealkylation sites (tertiary alicyclic amines) is 1. The molecule has 2 amide bonds. The first-order valence-corrected chi connectivity index (χ1v) is 9.23. The van der Waals surface area contributed by atoms with Crippen molar-refractivity contribution in [2.45, 2.75) is 19.4 Å². The number of benzene rings is 1. The van der Waals surface area contributed by atoms with Crippen molar-refractivity contribution in [3.63, 3.8) is 0 Å². The predicted molar refractivity (Wildman–Crippen MR) is 100 cm³/mol. The standard InChI is InChI=1S/C19H20Cl2N2O3/c1-22(12-14-4-2-5-15(20)17(14)21)18(24)13-7-9-23(10-8-13)19(25)16-6-3-11-26-16/h2-6,11,13H,7-10,12H2,1H3. The van der Waals surface area contributed by atoms with E-state index < -0.39 is 0 Å². The highest BCUT2D eigenvalue weighted by Crippen LogP contribution is 2.27. The number of hydrogen-bond donors (Lipinski definition) is 0. The van der Waals surface area contributed by atoms with Crippen LogP contribution in [0.3, 0.4) is 0 Å². The van der Waals surface area contributed by atoms with E-state index in [0.717, 1.165) is 5.56 Å². The lowest BCUT2D eigenvalue weighted by Crippen LogP contribution is -2.43. The molecule has 0 N–H and O–H groups in total. The fourth-order valence-electron chi connectivity index (χ4n) is 3.20. The molecular weight excluding hydrogens is 375 g/mol. The van der Waals surface area contributed by atoms with E-state index in [1.807, 2.05) is 12.1 Å². The van der Waals surface area contributed by atoms with Gasteiger partial charge in [-0.1, -0.05) is 35.3 Å². The van der Waals surface area contributed by atoms with Crippen molar-refractivity contribution in [2.24, 2.45) is 5.92 Å². The third kappa shape index (κ3) is 4.05. The zero-order chi connectivity index (χ0) is 18.7. The van der Waals surface area contributed by atoms with Gasteiger partial charge in [0.25, 0.3) is 5.91 Å². The van der Waals surface area contributed by atoms with E-state index in [1.54, 1.807) is 35.0 Å². The molecule has 3 rings (SSSR count). The van der Waals surface area contributed by atoms with E-state index in [4.69, 9.17) is 27.6 Å². The number of halogens is 2. The largest absolute Gasteiger partial charge is 0.459 e. The van der Waals surface area contributed by atoms with Gasteiger partial charge in [-0.15, -0.1) is 0 Å². The first-order valence-electron chi connectivity index (χ1n) is 8.48. The summed E-state index contributed by atoms with van der Waals surface area (Å²) in [5.74, 6) is 0.173. The van der Waals surface area contributed by atoms with Crippen molar-refractivity contribution in [1.82, 2.24) is 9.80 Å². The van der Waals surface area contributed by atoms with Gasteiger partial charge in [-0.25, -0.2) is 0 Å². The summed E-state index contributed by atoms with van der Waals surface area (Å²) in [6, 6.07) is 8.76. The van der Waals surface area contributed by atoms with Crippen LogP contribution in [0, 0.1) is 5.92 Å². The normalized spacial score (nSPS) is 15.1. The molecular formula is C19H20Cl2N2O3. The van der Waals surface area contributed by atoms with E-state index in [2.05, 4.69) is 0 Å². The molecule has 5 nitrogen and oxygen atoms in total. The summed E-state index contributed by atoms with van der Waals surface area (Å²) in [5.41, 5.74) is 0.820. The molecule has 0 radical (unpaired) electrons. The van der Waals surface area contributed by atoms with Gasteiger partial charge < -0.3 is 14.2 Å². The summed E-state index contributed by atoms with van der Waals surface area (Å²) in [6.07, 6.45) is 2.76. The minimum atomic E-state index is -0.125. The van der Waals surface area contributed by atoms with Gasteiger partial charge in [0, 0.05) is 32.6 Å². The van der Waals surface area contributed by atoms with E-state index in [-0.39, 0.29) is 17.7 Å². The highest BCUT2D eigenvalue weighted by molar-refractivity contribution is 6.42. The van der Waals surface area contributed by atoms with Crippen molar-refractivity contribution >= 4 is 35.0 Å². The minimum Gasteiger partial charge on any atom is -0.459 e. The van der Waals surface area contributed by atoms with Gasteiger partial charge in [-0.05, 0) is 36.6 Å². The van der Waals surface area contributed by atoms with Crippen molar-refractivity contribution in [1.29, 1.82) is 0 Å². The first-order chi connectivity index (χ1) is 12.5. The lowest BCUT2D eigenvalue weighted by molar-refractivity contribution is -0.136. The maximum atomic E-state index is 12.7. The molecule has 1 saturated heterocycles. The number of furan rings is 1. The smallest absolute Gasteiger partial charge is 0.289 e. The zero-order valence-electron chi connectivity index (χ0n) is 14.5. The molecule has 1 aliphatic heterocycles. The molecule has 0 unspecified atom stereocenters. The predicted octanol–water partition coefficient (Wildman–Crippen LogP) is 4.10. The SMILES string of the molecule is CN(Cc1cccc(Cl)c1Cl)C(=O)C1CCN(C(=O)c2ccco2)CC1. The second kappa shape index (κ2) is 8.14. The molecule has 1 aliphatic rings. The molecule has 138 valence electrons. The van der Waals surface area contributed by atoms with Crippen LogP contribution in [0.1, 0.15) is 29.0 Å². The topological polar surface area (TPSA) is 53.8 Å². The van der Waals surface area contributed by atoms with Crippen LogP contribution in [-0.2, 0) is 11.3 Å². The molecule has 0 atom stereocenters. The van der Waals surface area contributed by atoms with Crippen molar-refractivity contribution in [3.8, 4) is 0 Å². The molecule has 26 heavy (non-hydrogen) atoms. The van der Waals surface area contributed by atoms with Gasteiger partial charge >= 0.3 is 0 Å². The highest BCUT2D eigenvalue weighted by Gasteiger charge is 2.30. The highest BCUT2D eigenvalue weighted by atomic mass is 35.5. The van der Waals surface area contributed by atoms with Crippen LogP contribution in [0.15, 0.2) is 41.0 Å². The minimum absolute atomic E-state index is 0.0612. The zero-order valence-corrected chi connectivity index (χ0v) is 16.0. The molecule has 0 saturated carbocycles. The van der Waals surface area contributed by atoms with E-state index >= 15 is 0 Å². The molecule has 1 fully saturated rings. The van der Waals surface area contributed by atoms with Crippen LogP contribution >= 0.6 is 23.2 Å². The Morgan fingerprint density at radius 1 is 1.19 bits per heavy atom. The fraction of sp³-hybridized carbons (Fsp3) is 0.368. The Balaban J connectivity index is 1.56.